The molecule has 88 valence electrons. The van der Waals surface area contributed by atoms with Gasteiger partial charge in [-0.05, 0) is 0 Å². The monoisotopic (exact) mass is 231 g/mol. The number of aromatic nitrogens is 1. The molecule has 0 aliphatic heterocycles. The third-order valence-corrected chi connectivity index (χ3v) is 2.60. The van der Waals surface area contributed by atoms with E-state index in [2.05, 4.69) is 18.1 Å². The molecule has 0 radical (unpaired) electrons. The summed E-state index contributed by atoms with van der Waals surface area (Å²) in [5.41, 5.74) is 0.145. The fourth-order valence-electron chi connectivity index (χ4n) is 1.52. The summed E-state index contributed by atoms with van der Waals surface area (Å²) in [4.78, 5) is 27.4. The number of fused-ring (bicyclic) bond motifs is 1. The Morgan fingerprint density at radius 3 is 2.18 bits per heavy atom. The molecule has 0 atom stereocenters. The van der Waals surface area contributed by atoms with Gasteiger partial charge in [0.1, 0.15) is 0 Å². The molecule has 1 aliphatic carbocycles. The molecule has 0 unspecified atom stereocenters. The molecule has 1 aromatic heterocycles. The summed E-state index contributed by atoms with van der Waals surface area (Å²) >= 11 is 0. The number of carbonyl (C=O) groups is 2. The number of oxazole rings is 1. The lowest BCUT2D eigenvalue weighted by molar-refractivity contribution is -0.111. The minimum atomic E-state index is -0.670. The van der Waals surface area contributed by atoms with Crippen LogP contribution >= 0.6 is 0 Å². The number of carbonyl (C=O) groups excluding carboxylic acids is 2. The number of nitrogens with zero attached hydrogens (tertiary/aromatic N) is 1. The van der Waals surface area contributed by atoms with E-state index in [-0.39, 0.29) is 22.4 Å². The molecule has 0 fully saturated rings. The van der Waals surface area contributed by atoms with E-state index in [1.165, 1.54) is 0 Å². The minimum Gasteiger partial charge on any atom is -0.439 e. The van der Waals surface area contributed by atoms with E-state index < -0.39 is 11.6 Å². The van der Waals surface area contributed by atoms with Crippen molar-refractivity contribution in [1.29, 1.82) is 0 Å². The number of rotatable bonds is 0. The van der Waals surface area contributed by atoms with Gasteiger partial charge in [0, 0.05) is 16.6 Å². The third-order valence-electron chi connectivity index (χ3n) is 2.60. The molecule has 0 aromatic carbocycles. The van der Waals surface area contributed by atoms with Crippen molar-refractivity contribution in [2.24, 2.45) is 0 Å². The summed E-state index contributed by atoms with van der Waals surface area (Å²) in [7, 11) is 0. The average molecular weight is 231 g/mol. The Balaban J connectivity index is 2.66. The first-order chi connectivity index (χ1) is 7.73. The Labute approximate surface area is 99.0 Å². The molecular formula is C13H13NO3. The number of hydrogen-bond donors (Lipinski definition) is 0. The van der Waals surface area contributed by atoms with Crippen LogP contribution in [-0.4, -0.2) is 16.6 Å². The Morgan fingerprint density at radius 1 is 1.06 bits per heavy atom. The quantitative estimate of drug-likeness (QED) is 0.507. The molecule has 4 heteroatoms. The second-order valence-corrected chi connectivity index (χ2v) is 5.06. The van der Waals surface area contributed by atoms with Gasteiger partial charge >= 0.3 is 0 Å². The zero-order valence-corrected chi connectivity index (χ0v) is 10.1. The summed E-state index contributed by atoms with van der Waals surface area (Å²) in [5.74, 6) is -0.642. The maximum atomic E-state index is 11.7. The summed E-state index contributed by atoms with van der Waals surface area (Å²) < 4.78 is 5.53. The number of allylic oxidation sites excluding steroid dienone is 2. The molecule has 1 aliphatic rings. The van der Waals surface area contributed by atoms with Crippen LogP contribution in [0.25, 0.3) is 5.57 Å². The number of ketones is 2. The van der Waals surface area contributed by atoms with E-state index in [9.17, 15) is 9.59 Å². The second kappa shape index (κ2) is 3.26. The molecule has 1 heterocycles. The van der Waals surface area contributed by atoms with Crippen molar-refractivity contribution in [3.63, 3.8) is 0 Å². The first kappa shape index (κ1) is 11.5. The number of Topliss-reactive ketones (excluding diaryl/α,β-unsaturated/α-hetero) is 2. The molecule has 0 saturated carbocycles. The highest BCUT2D eigenvalue weighted by Gasteiger charge is 2.37. The zero-order chi connectivity index (χ0) is 13.0. The molecule has 0 spiro atoms. The summed E-state index contributed by atoms with van der Waals surface area (Å²) in [6.07, 6.45) is 0. The maximum Gasteiger partial charge on any atom is 0.255 e. The van der Waals surface area contributed by atoms with Crippen molar-refractivity contribution in [1.82, 2.24) is 4.98 Å². The molecule has 0 saturated heterocycles. The van der Waals surface area contributed by atoms with E-state index >= 15 is 0 Å². The highest BCUT2D eigenvalue weighted by molar-refractivity contribution is 6.53. The fraction of sp³-hybridized carbons (Fsp3) is 0.308. The van der Waals surface area contributed by atoms with E-state index in [0.29, 0.717) is 11.5 Å². The van der Waals surface area contributed by atoms with Crippen molar-refractivity contribution < 1.29 is 14.0 Å². The van der Waals surface area contributed by atoms with Gasteiger partial charge in [0.05, 0.1) is 0 Å². The first-order valence-electron chi connectivity index (χ1n) is 5.22. The molecule has 0 amide bonds. The average Bonchev–Trinajstić information content (AvgIpc) is 2.67. The summed E-state index contributed by atoms with van der Waals surface area (Å²) in [5, 5.41) is 0. The summed E-state index contributed by atoms with van der Waals surface area (Å²) in [6.45, 7) is 13.0. The molecular weight excluding hydrogens is 218 g/mol. The standard InChI is InChI=1S/C13H13NO3/c1-6-7(2)11-8(10(16)9(6)15)14-12(17-11)13(3,4)5/h1-2H2,3-5H3. The predicted molar refractivity (Wildman–Crippen MR) is 62.7 cm³/mol. The lowest BCUT2D eigenvalue weighted by atomic mass is 9.91. The van der Waals surface area contributed by atoms with E-state index in [0.717, 1.165) is 0 Å². The Kier molecular flexibility index (Phi) is 2.21. The van der Waals surface area contributed by atoms with Crippen LogP contribution in [0.3, 0.4) is 0 Å². The smallest absolute Gasteiger partial charge is 0.255 e. The van der Waals surface area contributed by atoms with E-state index in [4.69, 9.17) is 4.42 Å². The normalized spacial score (nSPS) is 16.4. The van der Waals surface area contributed by atoms with Crippen LogP contribution in [0.5, 0.6) is 0 Å². The molecule has 0 bridgehead atoms. The Morgan fingerprint density at radius 2 is 1.65 bits per heavy atom. The van der Waals surface area contributed by atoms with Crippen LogP contribution in [0.4, 0.5) is 0 Å². The van der Waals surface area contributed by atoms with Crippen LogP contribution in [0.2, 0.25) is 0 Å². The van der Waals surface area contributed by atoms with Gasteiger partial charge in [0.2, 0.25) is 11.7 Å². The molecule has 17 heavy (non-hydrogen) atoms. The predicted octanol–water partition coefficient (Wildman–Crippen LogP) is 2.31. The molecule has 1 aromatic rings. The largest absolute Gasteiger partial charge is 0.439 e. The zero-order valence-electron chi connectivity index (χ0n) is 10.1. The van der Waals surface area contributed by atoms with Crippen molar-refractivity contribution in [2.45, 2.75) is 26.2 Å². The van der Waals surface area contributed by atoms with E-state index in [1.54, 1.807) is 0 Å². The fourth-order valence-corrected chi connectivity index (χ4v) is 1.52. The van der Waals surface area contributed by atoms with E-state index in [1.807, 2.05) is 20.8 Å². The van der Waals surface area contributed by atoms with Crippen LogP contribution in [0.15, 0.2) is 23.1 Å². The van der Waals surface area contributed by atoms with Gasteiger partial charge in [0.25, 0.3) is 5.78 Å². The summed E-state index contributed by atoms with van der Waals surface area (Å²) in [6, 6.07) is 0. The molecule has 4 nitrogen and oxygen atoms in total. The highest BCUT2D eigenvalue weighted by Crippen LogP contribution is 2.34. The van der Waals surface area contributed by atoms with Gasteiger partial charge in [-0.15, -0.1) is 0 Å². The third kappa shape index (κ3) is 1.56. The van der Waals surface area contributed by atoms with Crippen LogP contribution in [-0.2, 0) is 10.2 Å². The van der Waals surface area contributed by atoms with Crippen LogP contribution in [0.1, 0.15) is 42.9 Å². The lowest BCUT2D eigenvalue weighted by Crippen LogP contribution is -2.23. The van der Waals surface area contributed by atoms with Crippen LogP contribution in [0, 0.1) is 0 Å². The first-order valence-corrected chi connectivity index (χ1v) is 5.22. The Bertz CT molecular complexity index is 526. The van der Waals surface area contributed by atoms with Gasteiger partial charge < -0.3 is 4.42 Å². The van der Waals surface area contributed by atoms with Gasteiger partial charge in [-0.25, -0.2) is 4.98 Å². The van der Waals surface area contributed by atoms with Gasteiger partial charge in [-0.1, -0.05) is 33.9 Å². The second-order valence-electron chi connectivity index (χ2n) is 5.06. The van der Waals surface area contributed by atoms with Gasteiger partial charge in [0.15, 0.2) is 11.5 Å². The number of hydrogen-bond acceptors (Lipinski definition) is 4. The molecule has 0 N–H and O–H groups in total. The minimum absolute atomic E-state index is 0.0531. The van der Waals surface area contributed by atoms with Gasteiger partial charge in [-0.2, -0.15) is 0 Å². The van der Waals surface area contributed by atoms with Crippen LogP contribution < -0.4 is 0 Å². The highest BCUT2D eigenvalue weighted by atomic mass is 16.4. The lowest BCUT2D eigenvalue weighted by Gasteiger charge is -2.12. The topological polar surface area (TPSA) is 60.2 Å². The maximum absolute atomic E-state index is 11.7. The molecule has 2 rings (SSSR count). The SMILES string of the molecule is C=C1C(=C)c2oc(C(C)(C)C)nc2C(=O)C1=O. The van der Waals surface area contributed by atoms with Crippen molar-refractivity contribution in [3.8, 4) is 0 Å². The van der Waals surface area contributed by atoms with Gasteiger partial charge in [-0.3, -0.25) is 9.59 Å². The van der Waals surface area contributed by atoms with Crippen molar-refractivity contribution in [2.75, 3.05) is 0 Å². The Hall–Kier alpha value is -1.97. The van der Waals surface area contributed by atoms with Crippen molar-refractivity contribution >= 4 is 17.1 Å². The van der Waals surface area contributed by atoms with Crippen molar-refractivity contribution in [3.05, 3.63) is 36.1 Å².